The molecule has 0 unspecified atom stereocenters. The Morgan fingerprint density at radius 2 is 1.94 bits per heavy atom. The van der Waals surface area contributed by atoms with E-state index in [1.807, 2.05) is 30.3 Å². The van der Waals surface area contributed by atoms with Crippen molar-refractivity contribution in [3.05, 3.63) is 35.9 Å². The number of amides is 2. The molecule has 0 bridgehead atoms. The number of urea groups is 1. The molecule has 1 rings (SSSR count). The van der Waals surface area contributed by atoms with Gasteiger partial charge in [0.15, 0.2) is 0 Å². The van der Waals surface area contributed by atoms with Crippen LogP contribution >= 0.6 is 0 Å². The predicted octanol–water partition coefficient (Wildman–Crippen LogP) is 2.38. The lowest BCUT2D eigenvalue weighted by Gasteiger charge is -2.06. The normalized spacial score (nSPS) is 9.50. The summed E-state index contributed by atoms with van der Waals surface area (Å²) in [7, 11) is 0. The number of rotatable bonds is 4. The van der Waals surface area contributed by atoms with Crippen LogP contribution in [0.4, 0.5) is 4.79 Å². The molecule has 0 aromatic heterocycles. The minimum absolute atomic E-state index is 0.155. The van der Waals surface area contributed by atoms with Gasteiger partial charge >= 0.3 is 6.03 Å². The van der Waals surface area contributed by atoms with Gasteiger partial charge in [0.2, 0.25) is 0 Å². The minimum Gasteiger partial charge on any atom is -0.338 e. The van der Waals surface area contributed by atoms with Gasteiger partial charge in [0.25, 0.3) is 0 Å². The summed E-state index contributed by atoms with van der Waals surface area (Å²) < 4.78 is 0. The number of hydrogen-bond acceptors (Lipinski definition) is 1. The van der Waals surface area contributed by atoms with Crippen LogP contribution in [0.5, 0.6) is 0 Å². The first-order valence-electron chi connectivity index (χ1n) is 6.24. The average Bonchev–Trinajstić information content (AvgIpc) is 2.35. The van der Waals surface area contributed by atoms with E-state index in [-0.39, 0.29) is 6.03 Å². The SMILES string of the molecule is CC(C)CCNC(=O)NCC#Cc1ccccc1. The zero-order chi connectivity index (χ0) is 13.2. The molecule has 0 saturated heterocycles. The molecule has 3 heteroatoms. The molecule has 0 aliphatic carbocycles. The van der Waals surface area contributed by atoms with Crippen LogP contribution in [0.25, 0.3) is 0 Å². The number of nitrogens with one attached hydrogen (secondary N) is 2. The second-order valence-electron chi connectivity index (χ2n) is 4.46. The van der Waals surface area contributed by atoms with E-state index in [0.29, 0.717) is 19.0 Å². The second-order valence-corrected chi connectivity index (χ2v) is 4.46. The number of benzene rings is 1. The van der Waals surface area contributed by atoms with E-state index in [4.69, 9.17) is 0 Å². The fourth-order valence-electron chi connectivity index (χ4n) is 1.33. The topological polar surface area (TPSA) is 41.1 Å². The molecule has 1 aromatic carbocycles. The molecule has 0 radical (unpaired) electrons. The van der Waals surface area contributed by atoms with E-state index in [0.717, 1.165) is 12.0 Å². The van der Waals surface area contributed by atoms with Crippen LogP contribution in [0.3, 0.4) is 0 Å². The highest BCUT2D eigenvalue weighted by Crippen LogP contribution is 1.96. The zero-order valence-electron chi connectivity index (χ0n) is 11.0. The van der Waals surface area contributed by atoms with Gasteiger partial charge in [-0.15, -0.1) is 0 Å². The summed E-state index contributed by atoms with van der Waals surface area (Å²) in [6.07, 6.45) is 0.989. The zero-order valence-corrected chi connectivity index (χ0v) is 11.0. The van der Waals surface area contributed by atoms with Crippen molar-refractivity contribution >= 4 is 6.03 Å². The molecule has 0 heterocycles. The van der Waals surface area contributed by atoms with Crippen molar-refractivity contribution in [3.8, 4) is 11.8 Å². The number of hydrogen-bond donors (Lipinski definition) is 2. The molecule has 0 fully saturated rings. The summed E-state index contributed by atoms with van der Waals surface area (Å²) >= 11 is 0. The molecule has 2 amide bonds. The molecular weight excluding hydrogens is 224 g/mol. The van der Waals surface area contributed by atoms with Crippen LogP contribution in [0.2, 0.25) is 0 Å². The van der Waals surface area contributed by atoms with Gasteiger partial charge in [0.05, 0.1) is 6.54 Å². The van der Waals surface area contributed by atoms with Crippen molar-refractivity contribution in [2.24, 2.45) is 5.92 Å². The van der Waals surface area contributed by atoms with Gasteiger partial charge in [0.1, 0.15) is 0 Å². The molecule has 18 heavy (non-hydrogen) atoms. The summed E-state index contributed by atoms with van der Waals surface area (Å²) in [5, 5.41) is 5.50. The van der Waals surface area contributed by atoms with E-state index in [2.05, 4.69) is 36.3 Å². The number of carbonyl (C=O) groups is 1. The Morgan fingerprint density at radius 1 is 1.22 bits per heavy atom. The molecule has 0 spiro atoms. The molecule has 3 nitrogen and oxygen atoms in total. The standard InChI is InChI=1S/C15H20N2O/c1-13(2)10-12-17-15(18)16-11-6-9-14-7-4-3-5-8-14/h3-5,7-8,13H,10-12H2,1-2H3,(H2,16,17,18). The lowest BCUT2D eigenvalue weighted by Crippen LogP contribution is -2.36. The predicted molar refractivity (Wildman–Crippen MR) is 74.2 cm³/mol. The van der Waals surface area contributed by atoms with Crippen molar-refractivity contribution in [3.63, 3.8) is 0 Å². The van der Waals surface area contributed by atoms with Crippen molar-refractivity contribution in [2.45, 2.75) is 20.3 Å². The minimum atomic E-state index is -0.155. The van der Waals surface area contributed by atoms with Gasteiger partial charge in [-0.2, -0.15) is 0 Å². The maximum atomic E-state index is 11.3. The molecule has 1 aromatic rings. The van der Waals surface area contributed by atoms with E-state index in [1.165, 1.54) is 0 Å². The lowest BCUT2D eigenvalue weighted by molar-refractivity contribution is 0.241. The maximum Gasteiger partial charge on any atom is 0.315 e. The molecule has 96 valence electrons. The molecule has 0 saturated carbocycles. The third kappa shape index (κ3) is 6.59. The Hall–Kier alpha value is -1.95. The van der Waals surface area contributed by atoms with Gasteiger partial charge in [-0.05, 0) is 24.5 Å². The molecule has 0 atom stereocenters. The van der Waals surface area contributed by atoms with Gasteiger partial charge in [-0.25, -0.2) is 4.79 Å². The van der Waals surface area contributed by atoms with Crippen LogP contribution < -0.4 is 10.6 Å². The molecule has 0 aliphatic heterocycles. The second kappa shape index (κ2) is 8.19. The van der Waals surface area contributed by atoms with Crippen LogP contribution in [0, 0.1) is 17.8 Å². The summed E-state index contributed by atoms with van der Waals surface area (Å²) in [6.45, 7) is 5.33. The Balaban J connectivity index is 2.18. The van der Waals surface area contributed by atoms with Crippen molar-refractivity contribution in [1.82, 2.24) is 10.6 Å². The third-order valence-corrected chi connectivity index (χ3v) is 2.35. The highest BCUT2D eigenvalue weighted by Gasteiger charge is 1.98. The van der Waals surface area contributed by atoms with Gasteiger partial charge < -0.3 is 10.6 Å². The summed E-state index contributed by atoms with van der Waals surface area (Å²) in [6, 6.07) is 9.56. The Labute approximate surface area is 109 Å². The van der Waals surface area contributed by atoms with Crippen molar-refractivity contribution in [2.75, 3.05) is 13.1 Å². The van der Waals surface area contributed by atoms with Gasteiger partial charge in [-0.3, -0.25) is 0 Å². The first kappa shape index (κ1) is 14.1. The van der Waals surface area contributed by atoms with E-state index in [1.54, 1.807) is 0 Å². The average molecular weight is 244 g/mol. The van der Waals surface area contributed by atoms with Gasteiger partial charge in [0, 0.05) is 12.1 Å². The molecule has 2 N–H and O–H groups in total. The monoisotopic (exact) mass is 244 g/mol. The Bertz CT molecular complexity index is 415. The Morgan fingerprint density at radius 3 is 2.61 bits per heavy atom. The van der Waals surface area contributed by atoms with Crippen LogP contribution in [0.1, 0.15) is 25.8 Å². The lowest BCUT2D eigenvalue weighted by atomic mass is 10.1. The maximum absolute atomic E-state index is 11.3. The Kier molecular flexibility index (Phi) is 6.42. The highest BCUT2D eigenvalue weighted by atomic mass is 16.2. The van der Waals surface area contributed by atoms with Crippen molar-refractivity contribution in [1.29, 1.82) is 0 Å². The first-order chi connectivity index (χ1) is 8.68. The fourth-order valence-corrected chi connectivity index (χ4v) is 1.33. The van der Waals surface area contributed by atoms with E-state index >= 15 is 0 Å². The van der Waals surface area contributed by atoms with Gasteiger partial charge in [-0.1, -0.05) is 43.9 Å². The van der Waals surface area contributed by atoms with Crippen LogP contribution in [-0.4, -0.2) is 19.1 Å². The number of carbonyl (C=O) groups excluding carboxylic acids is 1. The first-order valence-corrected chi connectivity index (χ1v) is 6.24. The van der Waals surface area contributed by atoms with E-state index in [9.17, 15) is 4.79 Å². The molecule has 0 aliphatic rings. The summed E-state index contributed by atoms with van der Waals surface area (Å²) in [5.74, 6) is 6.49. The van der Waals surface area contributed by atoms with Crippen LogP contribution in [0.15, 0.2) is 30.3 Å². The van der Waals surface area contributed by atoms with E-state index < -0.39 is 0 Å². The summed E-state index contributed by atoms with van der Waals surface area (Å²) in [4.78, 5) is 11.3. The van der Waals surface area contributed by atoms with Crippen LogP contribution in [-0.2, 0) is 0 Å². The quantitative estimate of drug-likeness (QED) is 0.784. The highest BCUT2D eigenvalue weighted by molar-refractivity contribution is 5.74. The fraction of sp³-hybridized carbons (Fsp3) is 0.400. The molecular formula is C15H20N2O. The largest absolute Gasteiger partial charge is 0.338 e. The van der Waals surface area contributed by atoms with Crippen molar-refractivity contribution < 1.29 is 4.79 Å². The smallest absolute Gasteiger partial charge is 0.315 e. The summed E-state index contributed by atoms with van der Waals surface area (Å²) in [5.41, 5.74) is 0.958. The third-order valence-electron chi connectivity index (χ3n) is 2.35.